The number of carbonyl (C=O) groups excluding carboxylic acids is 1. The second-order valence-electron chi connectivity index (χ2n) is 3.84. The Morgan fingerprint density at radius 3 is 2.94 bits per heavy atom. The molecule has 5 heteroatoms. The molecule has 0 radical (unpaired) electrons. The number of esters is 1. The quantitative estimate of drug-likeness (QED) is 0.746. The van der Waals surface area contributed by atoms with Gasteiger partial charge in [0.2, 0.25) is 0 Å². The van der Waals surface area contributed by atoms with Gasteiger partial charge in [0.25, 0.3) is 0 Å². The van der Waals surface area contributed by atoms with Gasteiger partial charge in [-0.2, -0.15) is 0 Å². The third-order valence-electron chi connectivity index (χ3n) is 2.87. The van der Waals surface area contributed by atoms with Crippen molar-refractivity contribution >= 4 is 5.97 Å². The zero-order chi connectivity index (χ0) is 11.4. The molecule has 1 aliphatic rings. The van der Waals surface area contributed by atoms with Crippen molar-refractivity contribution in [3.05, 3.63) is 23.8 Å². The first kappa shape index (κ1) is 11.0. The highest BCUT2D eigenvalue weighted by atomic mass is 16.5. The van der Waals surface area contributed by atoms with Crippen LogP contribution >= 0.6 is 0 Å². The number of hydrogen-bond acceptors (Lipinski definition) is 5. The molecule has 86 valence electrons. The largest absolute Gasteiger partial charge is 0.465 e. The predicted molar refractivity (Wildman–Crippen MR) is 58.2 cm³/mol. The van der Waals surface area contributed by atoms with Crippen molar-refractivity contribution in [3.63, 3.8) is 0 Å². The first-order valence-electron chi connectivity index (χ1n) is 5.42. The fraction of sp³-hybridized carbons (Fsp3) is 0.545. The van der Waals surface area contributed by atoms with Crippen LogP contribution in [0.25, 0.3) is 0 Å². The molecular weight excluding hydrogens is 206 g/mol. The van der Waals surface area contributed by atoms with E-state index in [0.717, 1.165) is 31.6 Å². The Morgan fingerprint density at radius 1 is 1.50 bits per heavy atom. The summed E-state index contributed by atoms with van der Waals surface area (Å²) in [6, 6.07) is 0. The highest BCUT2D eigenvalue weighted by Gasteiger charge is 2.23. The number of carbonyl (C=O) groups is 1. The van der Waals surface area contributed by atoms with Crippen LogP contribution in [0.1, 0.15) is 34.8 Å². The van der Waals surface area contributed by atoms with Gasteiger partial charge in [-0.05, 0) is 25.9 Å². The van der Waals surface area contributed by atoms with E-state index in [0.29, 0.717) is 11.5 Å². The maximum absolute atomic E-state index is 11.6. The summed E-state index contributed by atoms with van der Waals surface area (Å²) >= 11 is 0. The molecule has 0 saturated carbocycles. The zero-order valence-corrected chi connectivity index (χ0v) is 9.27. The molecule has 2 rings (SSSR count). The second kappa shape index (κ2) is 5.03. The van der Waals surface area contributed by atoms with Crippen molar-refractivity contribution in [1.82, 2.24) is 15.3 Å². The number of methoxy groups -OCH3 is 1. The average Bonchev–Trinajstić information content (AvgIpc) is 2.39. The van der Waals surface area contributed by atoms with Crippen LogP contribution in [0.4, 0.5) is 0 Å². The number of hydrogen-bond donors (Lipinski definition) is 1. The first-order chi connectivity index (χ1) is 7.83. The average molecular weight is 221 g/mol. The number of piperidine rings is 1. The van der Waals surface area contributed by atoms with Crippen molar-refractivity contribution in [1.29, 1.82) is 0 Å². The van der Waals surface area contributed by atoms with Gasteiger partial charge in [-0.25, -0.2) is 14.8 Å². The molecule has 0 bridgehead atoms. The summed E-state index contributed by atoms with van der Waals surface area (Å²) < 4.78 is 4.73. The normalized spacial score (nSPS) is 17.1. The van der Waals surface area contributed by atoms with E-state index in [2.05, 4.69) is 15.3 Å². The Labute approximate surface area is 94.2 Å². The molecule has 0 unspecified atom stereocenters. The van der Waals surface area contributed by atoms with Gasteiger partial charge >= 0.3 is 5.97 Å². The Bertz CT molecular complexity index is 375. The number of rotatable bonds is 2. The zero-order valence-electron chi connectivity index (χ0n) is 9.27. The van der Waals surface area contributed by atoms with Crippen molar-refractivity contribution < 1.29 is 9.53 Å². The fourth-order valence-electron chi connectivity index (χ4n) is 2.03. The molecule has 1 saturated heterocycles. The summed E-state index contributed by atoms with van der Waals surface area (Å²) in [6.45, 7) is 1.94. The van der Waals surface area contributed by atoms with E-state index in [1.807, 2.05) is 0 Å². The predicted octanol–water partition coefficient (Wildman–Crippen LogP) is 0.730. The summed E-state index contributed by atoms with van der Waals surface area (Å²) in [5.74, 6) is -0.0208. The summed E-state index contributed by atoms with van der Waals surface area (Å²) in [5, 5.41) is 3.29. The third-order valence-corrected chi connectivity index (χ3v) is 2.87. The Balaban J connectivity index is 2.28. The van der Waals surface area contributed by atoms with Crippen LogP contribution in [0.2, 0.25) is 0 Å². The van der Waals surface area contributed by atoms with Crippen LogP contribution in [0.5, 0.6) is 0 Å². The van der Waals surface area contributed by atoms with Gasteiger partial charge in [0.15, 0.2) is 0 Å². The molecule has 0 atom stereocenters. The highest BCUT2D eigenvalue weighted by Crippen LogP contribution is 2.25. The van der Waals surface area contributed by atoms with Crippen molar-refractivity contribution in [3.8, 4) is 0 Å². The molecule has 0 spiro atoms. The van der Waals surface area contributed by atoms with Gasteiger partial charge in [-0.1, -0.05) is 0 Å². The van der Waals surface area contributed by atoms with Crippen LogP contribution in [-0.2, 0) is 4.74 Å². The van der Waals surface area contributed by atoms with Gasteiger partial charge in [-0.3, -0.25) is 0 Å². The van der Waals surface area contributed by atoms with Crippen LogP contribution in [-0.4, -0.2) is 36.1 Å². The molecule has 0 amide bonds. The molecule has 1 aromatic rings. The van der Waals surface area contributed by atoms with Crippen LogP contribution < -0.4 is 5.32 Å². The minimum Gasteiger partial charge on any atom is -0.465 e. The number of aromatic nitrogens is 2. The lowest BCUT2D eigenvalue weighted by Gasteiger charge is -2.23. The molecule has 16 heavy (non-hydrogen) atoms. The molecule has 1 fully saturated rings. The highest BCUT2D eigenvalue weighted by molar-refractivity contribution is 5.90. The number of ether oxygens (including phenoxy) is 1. The summed E-state index contributed by atoms with van der Waals surface area (Å²) in [5.41, 5.74) is 1.32. The van der Waals surface area contributed by atoms with E-state index in [9.17, 15) is 4.79 Å². The molecule has 1 aliphatic heterocycles. The summed E-state index contributed by atoms with van der Waals surface area (Å²) in [4.78, 5) is 19.7. The topological polar surface area (TPSA) is 64.1 Å². The monoisotopic (exact) mass is 221 g/mol. The lowest BCUT2D eigenvalue weighted by atomic mass is 9.92. The van der Waals surface area contributed by atoms with Crippen LogP contribution in [0, 0.1) is 0 Å². The van der Waals surface area contributed by atoms with Crippen molar-refractivity contribution in [2.75, 3.05) is 20.2 Å². The SMILES string of the molecule is COC(=O)c1cncnc1C1CCNCC1. The maximum atomic E-state index is 11.6. The lowest BCUT2D eigenvalue weighted by Crippen LogP contribution is -2.28. The van der Waals surface area contributed by atoms with Crippen LogP contribution in [0.15, 0.2) is 12.5 Å². The summed E-state index contributed by atoms with van der Waals surface area (Å²) in [7, 11) is 1.38. The standard InChI is InChI=1S/C11H15N3O2/c1-16-11(15)9-6-13-7-14-10(9)8-2-4-12-5-3-8/h6-8,12H,2-5H2,1H3. The van der Waals surface area contributed by atoms with E-state index in [1.165, 1.54) is 19.6 Å². The van der Waals surface area contributed by atoms with E-state index in [1.54, 1.807) is 0 Å². The van der Waals surface area contributed by atoms with Crippen molar-refractivity contribution in [2.24, 2.45) is 0 Å². The number of nitrogens with zero attached hydrogens (tertiary/aromatic N) is 2. The van der Waals surface area contributed by atoms with E-state index in [4.69, 9.17) is 4.74 Å². The van der Waals surface area contributed by atoms with Gasteiger partial charge in [0.05, 0.1) is 18.4 Å². The van der Waals surface area contributed by atoms with Gasteiger partial charge < -0.3 is 10.1 Å². The minimum atomic E-state index is -0.353. The molecule has 0 aliphatic carbocycles. The van der Waals surface area contributed by atoms with Gasteiger partial charge in [-0.15, -0.1) is 0 Å². The Hall–Kier alpha value is -1.49. The van der Waals surface area contributed by atoms with Crippen molar-refractivity contribution in [2.45, 2.75) is 18.8 Å². The Morgan fingerprint density at radius 2 is 2.25 bits per heavy atom. The van der Waals surface area contributed by atoms with E-state index < -0.39 is 0 Å². The fourth-order valence-corrected chi connectivity index (χ4v) is 2.03. The lowest BCUT2D eigenvalue weighted by molar-refractivity contribution is 0.0597. The Kier molecular flexibility index (Phi) is 3.46. The van der Waals surface area contributed by atoms with E-state index >= 15 is 0 Å². The van der Waals surface area contributed by atoms with Gasteiger partial charge in [0.1, 0.15) is 6.33 Å². The van der Waals surface area contributed by atoms with Crippen LogP contribution in [0.3, 0.4) is 0 Å². The molecule has 1 N–H and O–H groups in total. The molecule has 0 aromatic carbocycles. The van der Waals surface area contributed by atoms with Gasteiger partial charge in [0, 0.05) is 12.1 Å². The summed E-state index contributed by atoms with van der Waals surface area (Å²) in [6.07, 6.45) is 5.03. The molecule has 5 nitrogen and oxygen atoms in total. The first-order valence-corrected chi connectivity index (χ1v) is 5.42. The minimum absolute atomic E-state index is 0.332. The third kappa shape index (κ3) is 2.19. The smallest absolute Gasteiger partial charge is 0.341 e. The molecular formula is C11H15N3O2. The second-order valence-corrected chi connectivity index (χ2v) is 3.84. The molecule has 2 heterocycles. The van der Waals surface area contributed by atoms with E-state index in [-0.39, 0.29) is 5.97 Å². The molecule has 1 aromatic heterocycles. The maximum Gasteiger partial charge on any atom is 0.341 e. The number of nitrogens with one attached hydrogen (secondary N) is 1.